The molecule has 0 saturated carbocycles. The number of ether oxygens (including phenoxy) is 1. The van der Waals surface area contributed by atoms with E-state index in [1.165, 1.54) is 32.2 Å². The highest BCUT2D eigenvalue weighted by Gasteiger charge is 2.09. The SMILES string of the molecule is CCCC(CC)NCCCN1CCOCC1. The van der Waals surface area contributed by atoms with E-state index in [4.69, 9.17) is 4.74 Å². The molecule has 0 aromatic carbocycles. The lowest BCUT2D eigenvalue weighted by molar-refractivity contribution is 0.0373. The van der Waals surface area contributed by atoms with Crippen LogP contribution in [0.25, 0.3) is 0 Å². The lowest BCUT2D eigenvalue weighted by atomic mass is 10.1. The van der Waals surface area contributed by atoms with Crippen molar-refractivity contribution in [2.45, 2.75) is 45.6 Å². The molecule has 0 aliphatic carbocycles. The lowest BCUT2D eigenvalue weighted by Gasteiger charge is -2.26. The van der Waals surface area contributed by atoms with Crippen LogP contribution in [0.1, 0.15) is 39.5 Å². The Balaban J connectivity index is 1.97. The van der Waals surface area contributed by atoms with Crippen LogP contribution >= 0.6 is 0 Å². The van der Waals surface area contributed by atoms with E-state index in [-0.39, 0.29) is 0 Å². The largest absolute Gasteiger partial charge is 0.379 e. The molecular formula is C13H28N2O. The number of nitrogens with one attached hydrogen (secondary N) is 1. The summed E-state index contributed by atoms with van der Waals surface area (Å²) in [7, 11) is 0. The molecule has 0 radical (unpaired) electrons. The Kier molecular flexibility index (Phi) is 7.81. The van der Waals surface area contributed by atoms with Crippen molar-refractivity contribution in [1.29, 1.82) is 0 Å². The highest BCUT2D eigenvalue weighted by molar-refractivity contribution is 4.66. The van der Waals surface area contributed by atoms with Gasteiger partial charge in [0.25, 0.3) is 0 Å². The Morgan fingerprint density at radius 1 is 1.25 bits per heavy atom. The zero-order valence-corrected chi connectivity index (χ0v) is 11.0. The van der Waals surface area contributed by atoms with Crippen LogP contribution in [0.15, 0.2) is 0 Å². The van der Waals surface area contributed by atoms with E-state index in [2.05, 4.69) is 24.1 Å². The first-order valence-corrected chi connectivity index (χ1v) is 6.90. The molecule has 1 rings (SSSR count). The van der Waals surface area contributed by atoms with E-state index in [1.54, 1.807) is 0 Å². The predicted molar refractivity (Wildman–Crippen MR) is 68.9 cm³/mol. The molecule has 1 aliphatic heterocycles. The fraction of sp³-hybridized carbons (Fsp3) is 1.00. The molecule has 1 atom stereocenters. The van der Waals surface area contributed by atoms with Gasteiger partial charge in [0.05, 0.1) is 13.2 Å². The van der Waals surface area contributed by atoms with E-state index < -0.39 is 0 Å². The number of hydrogen-bond acceptors (Lipinski definition) is 3. The van der Waals surface area contributed by atoms with Crippen LogP contribution in [0, 0.1) is 0 Å². The molecule has 1 N–H and O–H groups in total. The quantitative estimate of drug-likeness (QED) is 0.642. The first kappa shape index (κ1) is 13.9. The third-order valence-electron chi connectivity index (χ3n) is 3.32. The second-order valence-electron chi connectivity index (χ2n) is 4.66. The number of hydrogen-bond donors (Lipinski definition) is 1. The molecule has 1 fully saturated rings. The minimum atomic E-state index is 0.731. The van der Waals surface area contributed by atoms with Gasteiger partial charge in [-0.25, -0.2) is 0 Å². The molecule has 0 spiro atoms. The number of rotatable bonds is 8. The first-order valence-electron chi connectivity index (χ1n) is 6.90. The highest BCUT2D eigenvalue weighted by atomic mass is 16.5. The van der Waals surface area contributed by atoms with Crippen LogP contribution < -0.4 is 5.32 Å². The topological polar surface area (TPSA) is 24.5 Å². The molecule has 96 valence electrons. The molecule has 0 aromatic heterocycles. The Labute approximate surface area is 101 Å². The molecule has 0 bridgehead atoms. The van der Waals surface area contributed by atoms with Crippen molar-refractivity contribution in [3.63, 3.8) is 0 Å². The molecule has 3 nitrogen and oxygen atoms in total. The summed E-state index contributed by atoms with van der Waals surface area (Å²) in [5.41, 5.74) is 0. The van der Waals surface area contributed by atoms with Gasteiger partial charge in [0.2, 0.25) is 0 Å². The van der Waals surface area contributed by atoms with Crippen LogP contribution in [0.2, 0.25) is 0 Å². The summed E-state index contributed by atoms with van der Waals surface area (Å²) in [4.78, 5) is 2.51. The molecule has 1 saturated heterocycles. The average Bonchev–Trinajstić information content (AvgIpc) is 2.34. The van der Waals surface area contributed by atoms with Gasteiger partial charge >= 0.3 is 0 Å². The fourth-order valence-corrected chi connectivity index (χ4v) is 2.23. The van der Waals surface area contributed by atoms with Crippen LogP contribution in [0.4, 0.5) is 0 Å². The van der Waals surface area contributed by atoms with Crippen LogP contribution in [0.3, 0.4) is 0 Å². The average molecular weight is 228 g/mol. The van der Waals surface area contributed by atoms with Gasteiger partial charge in [-0.2, -0.15) is 0 Å². The summed E-state index contributed by atoms with van der Waals surface area (Å²) in [6.45, 7) is 11.0. The number of morpholine rings is 1. The van der Waals surface area contributed by atoms with Gasteiger partial charge in [-0.3, -0.25) is 4.90 Å². The minimum Gasteiger partial charge on any atom is -0.379 e. The summed E-state index contributed by atoms with van der Waals surface area (Å²) in [6.07, 6.45) is 5.12. The van der Waals surface area contributed by atoms with Crippen molar-refractivity contribution in [1.82, 2.24) is 10.2 Å². The van der Waals surface area contributed by atoms with E-state index >= 15 is 0 Å². The van der Waals surface area contributed by atoms with E-state index in [0.29, 0.717) is 0 Å². The van der Waals surface area contributed by atoms with Gasteiger partial charge in [-0.05, 0) is 32.4 Å². The lowest BCUT2D eigenvalue weighted by Crippen LogP contribution is -2.38. The molecule has 1 aliphatic rings. The Morgan fingerprint density at radius 3 is 2.62 bits per heavy atom. The van der Waals surface area contributed by atoms with Crippen molar-refractivity contribution in [2.75, 3.05) is 39.4 Å². The van der Waals surface area contributed by atoms with E-state index in [9.17, 15) is 0 Å². The van der Waals surface area contributed by atoms with Crippen molar-refractivity contribution in [3.8, 4) is 0 Å². The van der Waals surface area contributed by atoms with Crippen molar-refractivity contribution in [2.24, 2.45) is 0 Å². The summed E-state index contributed by atoms with van der Waals surface area (Å²) in [5, 5.41) is 3.65. The zero-order chi connectivity index (χ0) is 11.6. The molecular weight excluding hydrogens is 200 g/mol. The Hall–Kier alpha value is -0.120. The normalized spacial score (nSPS) is 19.9. The molecule has 1 heterocycles. The van der Waals surface area contributed by atoms with Gasteiger partial charge in [0, 0.05) is 19.1 Å². The second-order valence-corrected chi connectivity index (χ2v) is 4.66. The summed E-state index contributed by atoms with van der Waals surface area (Å²) >= 11 is 0. The smallest absolute Gasteiger partial charge is 0.0594 e. The first-order chi connectivity index (χ1) is 7.86. The van der Waals surface area contributed by atoms with Crippen LogP contribution in [-0.2, 0) is 4.74 Å². The third kappa shape index (κ3) is 5.83. The maximum atomic E-state index is 5.34. The maximum Gasteiger partial charge on any atom is 0.0594 e. The zero-order valence-electron chi connectivity index (χ0n) is 11.0. The van der Waals surface area contributed by atoms with Gasteiger partial charge < -0.3 is 10.1 Å². The summed E-state index contributed by atoms with van der Waals surface area (Å²) in [5.74, 6) is 0. The molecule has 0 aromatic rings. The third-order valence-corrected chi connectivity index (χ3v) is 3.32. The second kappa shape index (κ2) is 8.97. The van der Waals surface area contributed by atoms with Gasteiger partial charge in [-0.15, -0.1) is 0 Å². The van der Waals surface area contributed by atoms with Crippen LogP contribution in [0.5, 0.6) is 0 Å². The highest BCUT2D eigenvalue weighted by Crippen LogP contribution is 2.01. The Bertz CT molecular complexity index is 151. The standard InChI is InChI=1S/C13H28N2O/c1-3-6-13(4-2)14-7-5-8-15-9-11-16-12-10-15/h13-14H,3-12H2,1-2H3. The molecule has 0 amide bonds. The summed E-state index contributed by atoms with van der Waals surface area (Å²) in [6, 6.07) is 0.731. The molecule has 3 heteroatoms. The van der Waals surface area contributed by atoms with Crippen molar-refractivity contribution < 1.29 is 4.74 Å². The fourth-order valence-electron chi connectivity index (χ4n) is 2.23. The maximum absolute atomic E-state index is 5.34. The molecule has 1 unspecified atom stereocenters. The van der Waals surface area contributed by atoms with E-state index in [1.807, 2.05) is 0 Å². The van der Waals surface area contributed by atoms with E-state index in [0.717, 1.165) is 38.9 Å². The van der Waals surface area contributed by atoms with Gasteiger partial charge in [-0.1, -0.05) is 20.3 Å². The number of nitrogens with zero attached hydrogens (tertiary/aromatic N) is 1. The van der Waals surface area contributed by atoms with Gasteiger partial charge in [0.1, 0.15) is 0 Å². The Morgan fingerprint density at radius 2 is 2.00 bits per heavy atom. The van der Waals surface area contributed by atoms with Crippen molar-refractivity contribution >= 4 is 0 Å². The molecule has 16 heavy (non-hydrogen) atoms. The monoisotopic (exact) mass is 228 g/mol. The van der Waals surface area contributed by atoms with Crippen molar-refractivity contribution in [3.05, 3.63) is 0 Å². The van der Waals surface area contributed by atoms with Gasteiger partial charge in [0.15, 0.2) is 0 Å². The summed E-state index contributed by atoms with van der Waals surface area (Å²) < 4.78 is 5.34. The predicted octanol–water partition coefficient (Wildman–Crippen LogP) is 1.88. The van der Waals surface area contributed by atoms with Crippen LogP contribution in [-0.4, -0.2) is 50.3 Å². The minimum absolute atomic E-state index is 0.731.